The molecule has 0 unspecified atom stereocenters. The van der Waals surface area contributed by atoms with Gasteiger partial charge in [-0.3, -0.25) is 0 Å². The van der Waals surface area contributed by atoms with Gasteiger partial charge >= 0.3 is 0 Å². The lowest BCUT2D eigenvalue weighted by Crippen LogP contribution is -2.02. The Morgan fingerprint density at radius 1 is 1.06 bits per heavy atom. The Labute approximate surface area is 99.7 Å². The zero-order chi connectivity index (χ0) is 12.4. The van der Waals surface area contributed by atoms with Crippen LogP contribution in [0.4, 0.5) is 10.2 Å². The lowest BCUT2D eigenvalue weighted by atomic mass is 10.2. The van der Waals surface area contributed by atoms with E-state index in [4.69, 9.17) is 0 Å². The Bertz CT molecular complexity index is 535. The van der Waals surface area contributed by atoms with Gasteiger partial charge in [0.25, 0.3) is 0 Å². The van der Waals surface area contributed by atoms with Crippen molar-refractivity contribution in [1.29, 1.82) is 0 Å². The molecule has 0 aliphatic carbocycles. The lowest BCUT2D eigenvalue weighted by Gasteiger charge is -2.09. The van der Waals surface area contributed by atoms with Crippen molar-refractivity contribution in [2.75, 3.05) is 12.4 Å². The molecule has 1 aromatic heterocycles. The highest BCUT2D eigenvalue weighted by Gasteiger charge is 2.08. The third kappa shape index (κ3) is 2.25. The van der Waals surface area contributed by atoms with Crippen LogP contribution in [0.2, 0.25) is 0 Å². The van der Waals surface area contributed by atoms with Gasteiger partial charge in [0, 0.05) is 23.9 Å². The van der Waals surface area contributed by atoms with Crippen LogP contribution in [0.3, 0.4) is 0 Å². The third-order valence-corrected chi connectivity index (χ3v) is 2.73. The Balaban J connectivity index is 2.52. The number of anilines is 1. The van der Waals surface area contributed by atoms with E-state index in [0.29, 0.717) is 5.82 Å². The van der Waals surface area contributed by atoms with E-state index in [0.717, 1.165) is 22.6 Å². The minimum atomic E-state index is -0.258. The summed E-state index contributed by atoms with van der Waals surface area (Å²) in [5.41, 5.74) is 2.76. The van der Waals surface area contributed by atoms with Crippen LogP contribution in [-0.4, -0.2) is 17.0 Å². The molecule has 88 valence electrons. The summed E-state index contributed by atoms with van der Waals surface area (Å²) in [6.45, 7) is 3.90. The Morgan fingerprint density at radius 2 is 1.71 bits per heavy atom. The molecular formula is C13H14FN3. The summed E-state index contributed by atoms with van der Waals surface area (Å²) in [7, 11) is 1.82. The number of aromatic nitrogens is 2. The van der Waals surface area contributed by atoms with Gasteiger partial charge in [-0.2, -0.15) is 0 Å². The van der Waals surface area contributed by atoms with Gasteiger partial charge in [-0.15, -0.1) is 0 Å². The van der Waals surface area contributed by atoms with Crippen LogP contribution in [-0.2, 0) is 0 Å². The molecule has 0 aliphatic rings. The number of halogens is 1. The number of hydrogen-bond acceptors (Lipinski definition) is 3. The molecule has 17 heavy (non-hydrogen) atoms. The molecule has 0 saturated carbocycles. The molecule has 0 aliphatic heterocycles. The number of hydrogen-bond donors (Lipinski definition) is 1. The molecule has 2 aromatic rings. The topological polar surface area (TPSA) is 37.8 Å². The summed E-state index contributed by atoms with van der Waals surface area (Å²) >= 11 is 0. The van der Waals surface area contributed by atoms with Crippen LogP contribution in [0.1, 0.15) is 11.3 Å². The molecule has 0 amide bonds. The van der Waals surface area contributed by atoms with Gasteiger partial charge in [-0.05, 0) is 38.1 Å². The predicted octanol–water partition coefficient (Wildman–Crippen LogP) is 2.94. The summed E-state index contributed by atoms with van der Waals surface area (Å²) in [6, 6.07) is 6.18. The standard InChI is InChI=1S/C13H14FN3/c1-8-9(2)16-13(17-12(8)15-3)10-4-6-11(14)7-5-10/h4-7H,1-3H3,(H,15,16,17). The van der Waals surface area contributed by atoms with E-state index in [9.17, 15) is 4.39 Å². The molecule has 2 rings (SSSR count). The van der Waals surface area contributed by atoms with Gasteiger partial charge < -0.3 is 5.32 Å². The molecule has 0 spiro atoms. The first-order valence-corrected chi connectivity index (χ1v) is 5.40. The minimum absolute atomic E-state index is 0.258. The van der Waals surface area contributed by atoms with Crippen molar-refractivity contribution in [3.05, 3.63) is 41.3 Å². The molecule has 1 heterocycles. The second kappa shape index (κ2) is 4.49. The van der Waals surface area contributed by atoms with Gasteiger partial charge in [0.2, 0.25) is 0 Å². The largest absolute Gasteiger partial charge is 0.373 e. The second-order valence-corrected chi connectivity index (χ2v) is 3.86. The Morgan fingerprint density at radius 3 is 2.29 bits per heavy atom. The average Bonchev–Trinajstić information content (AvgIpc) is 2.33. The van der Waals surface area contributed by atoms with Gasteiger partial charge in [0.05, 0.1) is 0 Å². The zero-order valence-corrected chi connectivity index (χ0v) is 10.1. The second-order valence-electron chi connectivity index (χ2n) is 3.86. The Kier molecular flexibility index (Phi) is 3.04. The molecule has 0 atom stereocenters. The first kappa shape index (κ1) is 11.5. The van der Waals surface area contributed by atoms with Gasteiger partial charge in [-0.1, -0.05) is 0 Å². The van der Waals surface area contributed by atoms with E-state index >= 15 is 0 Å². The van der Waals surface area contributed by atoms with Crippen LogP contribution in [0, 0.1) is 19.7 Å². The van der Waals surface area contributed by atoms with Crippen molar-refractivity contribution >= 4 is 5.82 Å². The average molecular weight is 231 g/mol. The fourth-order valence-corrected chi connectivity index (χ4v) is 1.60. The highest BCUT2D eigenvalue weighted by Crippen LogP contribution is 2.21. The molecule has 3 nitrogen and oxygen atoms in total. The van der Waals surface area contributed by atoms with Crippen LogP contribution in [0.25, 0.3) is 11.4 Å². The lowest BCUT2D eigenvalue weighted by molar-refractivity contribution is 0.628. The minimum Gasteiger partial charge on any atom is -0.373 e. The maximum atomic E-state index is 12.8. The summed E-state index contributed by atoms with van der Waals surface area (Å²) in [4.78, 5) is 8.81. The molecule has 1 aromatic carbocycles. The number of nitrogens with zero attached hydrogens (tertiary/aromatic N) is 2. The summed E-state index contributed by atoms with van der Waals surface area (Å²) in [5, 5.41) is 3.03. The molecule has 0 saturated heterocycles. The summed E-state index contributed by atoms with van der Waals surface area (Å²) in [5.74, 6) is 1.15. The number of rotatable bonds is 2. The van der Waals surface area contributed by atoms with E-state index in [-0.39, 0.29) is 5.82 Å². The van der Waals surface area contributed by atoms with E-state index in [1.807, 2.05) is 20.9 Å². The van der Waals surface area contributed by atoms with Crippen molar-refractivity contribution in [3.63, 3.8) is 0 Å². The van der Waals surface area contributed by atoms with Crippen molar-refractivity contribution in [2.24, 2.45) is 0 Å². The van der Waals surface area contributed by atoms with Crippen molar-refractivity contribution in [1.82, 2.24) is 9.97 Å². The van der Waals surface area contributed by atoms with Crippen molar-refractivity contribution < 1.29 is 4.39 Å². The van der Waals surface area contributed by atoms with E-state index in [2.05, 4.69) is 15.3 Å². The Hall–Kier alpha value is -1.97. The fraction of sp³-hybridized carbons (Fsp3) is 0.231. The number of nitrogens with one attached hydrogen (secondary N) is 1. The van der Waals surface area contributed by atoms with Crippen LogP contribution >= 0.6 is 0 Å². The molecular weight excluding hydrogens is 217 g/mol. The van der Waals surface area contributed by atoms with Gasteiger partial charge in [0.15, 0.2) is 5.82 Å². The van der Waals surface area contributed by atoms with Gasteiger partial charge in [0.1, 0.15) is 11.6 Å². The molecule has 4 heteroatoms. The number of aryl methyl sites for hydroxylation is 1. The van der Waals surface area contributed by atoms with Crippen molar-refractivity contribution in [2.45, 2.75) is 13.8 Å². The number of benzene rings is 1. The van der Waals surface area contributed by atoms with E-state index < -0.39 is 0 Å². The highest BCUT2D eigenvalue weighted by atomic mass is 19.1. The SMILES string of the molecule is CNc1nc(-c2ccc(F)cc2)nc(C)c1C. The van der Waals surface area contributed by atoms with E-state index in [1.165, 1.54) is 12.1 Å². The molecule has 0 radical (unpaired) electrons. The summed E-state index contributed by atoms with van der Waals surface area (Å²) in [6.07, 6.45) is 0. The van der Waals surface area contributed by atoms with Crippen LogP contribution in [0.5, 0.6) is 0 Å². The third-order valence-electron chi connectivity index (χ3n) is 2.73. The maximum Gasteiger partial charge on any atom is 0.161 e. The van der Waals surface area contributed by atoms with E-state index in [1.54, 1.807) is 12.1 Å². The fourth-order valence-electron chi connectivity index (χ4n) is 1.60. The normalized spacial score (nSPS) is 10.4. The molecule has 0 fully saturated rings. The monoisotopic (exact) mass is 231 g/mol. The van der Waals surface area contributed by atoms with Crippen LogP contribution < -0.4 is 5.32 Å². The zero-order valence-electron chi connectivity index (χ0n) is 10.1. The van der Waals surface area contributed by atoms with Gasteiger partial charge in [-0.25, -0.2) is 14.4 Å². The highest BCUT2D eigenvalue weighted by molar-refractivity contribution is 5.59. The quantitative estimate of drug-likeness (QED) is 0.863. The van der Waals surface area contributed by atoms with Crippen LogP contribution in [0.15, 0.2) is 24.3 Å². The smallest absolute Gasteiger partial charge is 0.161 e. The van der Waals surface area contributed by atoms with Crippen molar-refractivity contribution in [3.8, 4) is 11.4 Å². The predicted molar refractivity (Wildman–Crippen MR) is 66.4 cm³/mol. The molecule has 0 bridgehead atoms. The molecule has 1 N–H and O–H groups in total. The maximum absolute atomic E-state index is 12.8. The first-order chi connectivity index (χ1) is 8.11. The summed E-state index contributed by atoms with van der Waals surface area (Å²) < 4.78 is 12.8. The first-order valence-electron chi connectivity index (χ1n) is 5.40.